The second-order valence-corrected chi connectivity index (χ2v) is 4.04. The molecule has 5 N–H and O–H groups in total. The van der Waals surface area contributed by atoms with Gasteiger partial charge in [-0.1, -0.05) is 24.3 Å². The smallest absolute Gasteiger partial charge is 0.423 e. The minimum atomic E-state index is -1.60. The summed E-state index contributed by atoms with van der Waals surface area (Å²) < 4.78 is 0. The number of carbonyl (C=O) groups excluding carboxylic acids is 1. The molecule has 0 aromatic heterocycles. The summed E-state index contributed by atoms with van der Waals surface area (Å²) in [6.45, 7) is 0. The van der Waals surface area contributed by atoms with Crippen molar-refractivity contribution in [1.29, 1.82) is 0 Å². The highest BCUT2D eigenvalue weighted by Crippen LogP contribution is 2.17. The van der Waals surface area contributed by atoms with Crippen molar-refractivity contribution in [3.8, 4) is 0 Å². The largest absolute Gasteiger partial charge is 0.488 e. The predicted octanol–water partition coefficient (Wildman–Crippen LogP) is 0.201. The van der Waals surface area contributed by atoms with E-state index in [9.17, 15) is 4.79 Å². The van der Waals surface area contributed by atoms with Gasteiger partial charge in [0.15, 0.2) is 0 Å². The molecule has 0 spiro atoms. The summed E-state index contributed by atoms with van der Waals surface area (Å²) in [7, 11) is -1.60. The molecule has 0 aliphatic heterocycles. The molecule has 6 heteroatoms. The van der Waals surface area contributed by atoms with E-state index in [2.05, 4.69) is 5.32 Å². The second-order valence-electron chi connectivity index (χ2n) is 4.04. The van der Waals surface area contributed by atoms with Crippen LogP contribution in [-0.4, -0.2) is 23.1 Å². The van der Waals surface area contributed by atoms with Crippen molar-refractivity contribution in [1.82, 2.24) is 0 Å². The Hall–Kier alpha value is -2.31. The fourth-order valence-corrected chi connectivity index (χ4v) is 1.65. The molecule has 0 saturated carbocycles. The van der Waals surface area contributed by atoms with Crippen LogP contribution in [0.25, 0.3) is 0 Å². The summed E-state index contributed by atoms with van der Waals surface area (Å²) in [4.78, 5) is 12.0. The number of nitrogen functional groups attached to an aromatic ring is 1. The van der Waals surface area contributed by atoms with Crippen molar-refractivity contribution in [2.75, 3.05) is 11.1 Å². The number of amides is 1. The van der Waals surface area contributed by atoms with Crippen molar-refractivity contribution < 1.29 is 14.8 Å². The lowest BCUT2D eigenvalue weighted by molar-refractivity contribution is 0.102. The Morgan fingerprint density at radius 2 is 1.84 bits per heavy atom. The van der Waals surface area contributed by atoms with Gasteiger partial charge in [-0.15, -0.1) is 0 Å². The molecule has 0 heterocycles. The van der Waals surface area contributed by atoms with Gasteiger partial charge in [0.1, 0.15) is 0 Å². The lowest BCUT2D eigenvalue weighted by Crippen LogP contribution is -2.30. The first-order chi connectivity index (χ1) is 9.08. The highest BCUT2D eigenvalue weighted by molar-refractivity contribution is 6.58. The predicted molar refractivity (Wildman–Crippen MR) is 75.1 cm³/mol. The van der Waals surface area contributed by atoms with Gasteiger partial charge in [0.05, 0.1) is 11.4 Å². The van der Waals surface area contributed by atoms with E-state index in [1.54, 1.807) is 36.4 Å². The average molecular weight is 256 g/mol. The van der Waals surface area contributed by atoms with Crippen molar-refractivity contribution in [3.63, 3.8) is 0 Å². The summed E-state index contributed by atoms with van der Waals surface area (Å²) >= 11 is 0. The molecular formula is C13H13BN2O3. The van der Waals surface area contributed by atoms with Gasteiger partial charge in [0, 0.05) is 5.56 Å². The van der Waals surface area contributed by atoms with Gasteiger partial charge in [-0.05, 0) is 29.7 Å². The van der Waals surface area contributed by atoms with E-state index in [0.29, 0.717) is 16.9 Å². The van der Waals surface area contributed by atoms with E-state index >= 15 is 0 Å². The number of nitrogens with two attached hydrogens (primary N) is 1. The van der Waals surface area contributed by atoms with Crippen LogP contribution in [0.2, 0.25) is 0 Å². The summed E-state index contributed by atoms with van der Waals surface area (Å²) in [5.74, 6) is -0.361. The topological polar surface area (TPSA) is 95.6 Å². The van der Waals surface area contributed by atoms with Crippen LogP contribution in [0.5, 0.6) is 0 Å². The zero-order chi connectivity index (χ0) is 13.8. The highest BCUT2D eigenvalue weighted by atomic mass is 16.4. The van der Waals surface area contributed by atoms with Crippen molar-refractivity contribution in [2.24, 2.45) is 0 Å². The standard InChI is InChI=1S/C13H13BN2O3/c15-11-6-1-2-7-12(11)16-13(17)9-4-3-5-10(8-9)14(18)19/h1-8,18-19H,15H2,(H,16,17). The van der Waals surface area contributed by atoms with E-state index in [0.717, 1.165) is 0 Å². The molecule has 2 aromatic carbocycles. The minimum absolute atomic E-state index is 0.258. The molecule has 0 bridgehead atoms. The molecule has 0 unspecified atom stereocenters. The van der Waals surface area contributed by atoms with Gasteiger partial charge >= 0.3 is 7.12 Å². The van der Waals surface area contributed by atoms with E-state index in [1.807, 2.05) is 0 Å². The van der Waals surface area contributed by atoms with Gasteiger partial charge < -0.3 is 21.1 Å². The van der Waals surface area contributed by atoms with E-state index < -0.39 is 7.12 Å². The third kappa shape index (κ3) is 3.12. The first kappa shape index (κ1) is 13.1. The highest BCUT2D eigenvalue weighted by Gasteiger charge is 2.14. The van der Waals surface area contributed by atoms with Crippen LogP contribution < -0.4 is 16.5 Å². The summed E-state index contributed by atoms with van der Waals surface area (Å²) in [5, 5.41) is 20.8. The zero-order valence-corrected chi connectivity index (χ0v) is 10.1. The van der Waals surface area contributed by atoms with Gasteiger partial charge in [-0.2, -0.15) is 0 Å². The molecule has 1 amide bonds. The van der Waals surface area contributed by atoms with E-state index in [-0.39, 0.29) is 11.4 Å². The lowest BCUT2D eigenvalue weighted by Gasteiger charge is -2.08. The van der Waals surface area contributed by atoms with Crippen molar-refractivity contribution >= 4 is 29.9 Å². The van der Waals surface area contributed by atoms with E-state index in [4.69, 9.17) is 15.8 Å². The molecule has 2 aromatic rings. The molecule has 0 aliphatic carbocycles. The number of hydrogen-bond donors (Lipinski definition) is 4. The lowest BCUT2D eigenvalue weighted by atomic mass is 9.79. The summed E-state index contributed by atoms with van der Waals surface area (Å²) in [5.41, 5.74) is 7.30. The van der Waals surface area contributed by atoms with Crippen molar-refractivity contribution in [3.05, 3.63) is 54.1 Å². The SMILES string of the molecule is Nc1ccccc1NC(=O)c1cccc(B(O)O)c1. The molecule has 0 fully saturated rings. The summed E-state index contributed by atoms with van der Waals surface area (Å²) in [6.07, 6.45) is 0. The fourth-order valence-electron chi connectivity index (χ4n) is 1.65. The Balaban J connectivity index is 2.21. The van der Waals surface area contributed by atoms with Gasteiger partial charge in [-0.3, -0.25) is 4.79 Å². The Kier molecular flexibility index (Phi) is 3.84. The molecule has 0 radical (unpaired) electrons. The third-order valence-electron chi connectivity index (χ3n) is 2.66. The van der Waals surface area contributed by atoms with Gasteiger partial charge in [0.2, 0.25) is 0 Å². The molecule has 5 nitrogen and oxygen atoms in total. The van der Waals surface area contributed by atoms with Crippen LogP contribution in [0.1, 0.15) is 10.4 Å². The third-order valence-corrected chi connectivity index (χ3v) is 2.66. The van der Waals surface area contributed by atoms with Crippen LogP contribution in [-0.2, 0) is 0 Å². The number of anilines is 2. The van der Waals surface area contributed by atoms with Crippen LogP contribution in [0.4, 0.5) is 11.4 Å². The molecule has 0 atom stereocenters. The number of hydrogen-bond acceptors (Lipinski definition) is 4. The molecule has 19 heavy (non-hydrogen) atoms. The van der Waals surface area contributed by atoms with Gasteiger partial charge in [-0.25, -0.2) is 0 Å². The second kappa shape index (κ2) is 5.56. The molecule has 0 aliphatic rings. The quantitative estimate of drug-likeness (QED) is 0.466. The minimum Gasteiger partial charge on any atom is -0.423 e. The van der Waals surface area contributed by atoms with Crippen LogP contribution in [0, 0.1) is 0 Å². The van der Waals surface area contributed by atoms with Gasteiger partial charge in [0.25, 0.3) is 5.91 Å². The molecule has 0 saturated heterocycles. The maximum atomic E-state index is 12.0. The Morgan fingerprint density at radius 3 is 2.53 bits per heavy atom. The number of carbonyl (C=O) groups is 1. The molecule has 2 rings (SSSR count). The number of para-hydroxylation sites is 2. The van der Waals surface area contributed by atoms with Crippen LogP contribution >= 0.6 is 0 Å². The number of nitrogens with one attached hydrogen (secondary N) is 1. The first-order valence-corrected chi connectivity index (χ1v) is 5.70. The zero-order valence-electron chi connectivity index (χ0n) is 10.1. The summed E-state index contributed by atoms with van der Waals surface area (Å²) in [6, 6.07) is 13.0. The number of rotatable bonds is 3. The monoisotopic (exact) mass is 256 g/mol. The average Bonchev–Trinajstić information content (AvgIpc) is 2.41. The fraction of sp³-hybridized carbons (Fsp3) is 0. The normalized spacial score (nSPS) is 10.0. The van der Waals surface area contributed by atoms with Crippen LogP contribution in [0.15, 0.2) is 48.5 Å². The molecular weight excluding hydrogens is 243 g/mol. The Morgan fingerprint density at radius 1 is 1.11 bits per heavy atom. The molecule has 96 valence electrons. The van der Waals surface area contributed by atoms with Crippen LogP contribution in [0.3, 0.4) is 0 Å². The number of benzene rings is 2. The van der Waals surface area contributed by atoms with E-state index in [1.165, 1.54) is 12.1 Å². The maximum Gasteiger partial charge on any atom is 0.488 e. The van der Waals surface area contributed by atoms with Crippen molar-refractivity contribution in [2.45, 2.75) is 0 Å². The first-order valence-electron chi connectivity index (χ1n) is 5.70. The maximum absolute atomic E-state index is 12.0. The Bertz CT molecular complexity index is 602. The Labute approximate surface area is 110 Å².